The van der Waals surface area contributed by atoms with Gasteiger partial charge >= 0.3 is 0 Å². The topological polar surface area (TPSA) is 49.8 Å². The van der Waals surface area contributed by atoms with Crippen LogP contribution in [0.2, 0.25) is 0 Å². The van der Waals surface area contributed by atoms with Gasteiger partial charge in [0, 0.05) is 11.8 Å². The SMILES string of the molecule is CC1(C2CC(O)C3(C)CCC4(C)C(CCC5C6(C)CCC(=O)C(C)(C)C6CCC54C)C23)CO1. The van der Waals surface area contributed by atoms with Crippen LogP contribution in [0.4, 0.5) is 0 Å². The molecule has 0 amide bonds. The van der Waals surface area contributed by atoms with Gasteiger partial charge in [0.1, 0.15) is 5.78 Å². The van der Waals surface area contributed by atoms with Gasteiger partial charge in [-0.2, -0.15) is 0 Å². The van der Waals surface area contributed by atoms with Crippen LogP contribution in [-0.4, -0.2) is 29.2 Å². The van der Waals surface area contributed by atoms with Crippen LogP contribution in [0.3, 0.4) is 0 Å². The van der Waals surface area contributed by atoms with Crippen molar-refractivity contribution < 1.29 is 14.6 Å². The molecule has 6 fully saturated rings. The normalized spacial score (nSPS) is 61.5. The zero-order valence-electron chi connectivity index (χ0n) is 22.3. The molecule has 6 rings (SSSR count). The summed E-state index contributed by atoms with van der Waals surface area (Å²) in [5.74, 6) is 3.49. The van der Waals surface area contributed by atoms with Gasteiger partial charge in [-0.3, -0.25) is 4.79 Å². The highest BCUT2D eigenvalue weighted by atomic mass is 16.6. The van der Waals surface area contributed by atoms with Crippen molar-refractivity contribution >= 4 is 5.78 Å². The number of carbonyl (C=O) groups is 1. The number of rotatable bonds is 1. The van der Waals surface area contributed by atoms with Crippen molar-refractivity contribution in [1.29, 1.82) is 0 Å². The van der Waals surface area contributed by atoms with Gasteiger partial charge in [-0.15, -0.1) is 0 Å². The molecule has 5 aliphatic carbocycles. The number of fused-ring (bicyclic) bond motifs is 7. The third-order valence-corrected chi connectivity index (χ3v) is 14.1. The molecular weight excluding hydrogens is 408 g/mol. The number of Topliss-reactive ketones (excluding diaryl/α,β-unsaturated/α-hetero) is 1. The predicted molar refractivity (Wildman–Crippen MR) is 131 cm³/mol. The fourth-order valence-electron chi connectivity index (χ4n) is 11.7. The van der Waals surface area contributed by atoms with Crippen molar-refractivity contribution in [2.45, 2.75) is 118 Å². The number of aliphatic hydroxyl groups is 1. The molecular formula is C30H48O3. The van der Waals surface area contributed by atoms with Crippen molar-refractivity contribution in [3.63, 3.8) is 0 Å². The minimum absolute atomic E-state index is 0.00317. The highest BCUT2D eigenvalue weighted by Crippen LogP contribution is 2.77. The summed E-state index contributed by atoms with van der Waals surface area (Å²) in [6.45, 7) is 18.0. The Labute approximate surface area is 201 Å². The lowest BCUT2D eigenvalue weighted by molar-refractivity contribution is -0.238. The molecule has 186 valence electrons. The molecule has 0 aromatic carbocycles. The minimum atomic E-state index is -0.179. The Morgan fingerprint density at radius 3 is 2.15 bits per heavy atom. The van der Waals surface area contributed by atoms with E-state index < -0.39 is 0 Å². The van der Waals surface area contributed by atoms with Crippen LogP contribution in [0, 0.1) is 56.7 Å². The van der Waals surface area contributed by atoms with Gasteiger partial charge in [-0.1, -0.05) is 41.5 Å². The molecule has 33 heavy (non-hydrogen) atoms. The number of aliphatic hydroxyl groups excluding tert-OH is 1. The Kier molecular flexibility index (Phi) is 4.51. The zero-order valence-corrected chi connectivity index (χ0v) is 22.3. The predicted octanol–water partition coefficient (Wildman–Crippen LogP) is 6.42. The van der Waals surface area contributed by atoms with E-state index in [9.17, 15) is 9.90 Å². The van der Waals surface area contributed by atoms with E-state index in [0.29, 0.717) is 46.2 Å². The maximum absolute atomic E-state index is 12.9. The largest absolute Gasteiger partial charge is 0.393 e. The molecule has 1 heterocycles. The molecule has 1 aliphatic heterocycles. The molecule has 3 nitrogen and oxygen atoms in total. The first-order valence-electron chi connectivity index (χ1n) is 14.1. The first-order valence-corrected chi connectivity index (χ1v) is 14.1. The molecule has 3 heteroatoms. The average molecular weight is 457 g/mol. The standard InChI is InChI=1S/C30H48O3/c1-25(2)20-10-13-29(6)21(26(20,3)12-11-22(25)31)9-8-18-24-19(30(7)17-33-30)16-23(32)27(24,4)14-15-28(18,29)5/h18-21,23-24,32H,8-17H2,1-7H3. The van der Waals surface area contributed by atoms with Crippen LogP contribution in [0.25, 0.3) is 0 Å². The average Bonchev–Trinajstić information content (AvgIpc) is 3.42. The second-order valence-electron chi connectivity index (χ2n) is 15.3. The van der Waals surface area contributed by atoms with Gasteiger partial charge in [0.05, 0.1) is 18.3 Å². The first kappa shape index (κ1) is 23.0. The van der Waals surface area contributed by atoms with Crippen molar-refractivity contribution in [3.8, 4) is 0 Å². The van der Waals surface area contributed by atoms with E-state index in [1.54, 1.807) is 0 Å². The summed E-state index contributed by atoms with van der Waals surface area (Å²) in [4.78, 5) is 12.9. The van der Waals surface area contributed by atoms with Crippen molar-refractivity contribution in [2.75, 3.05) is 6.61 Å². The molecule has 5 saturated carbocycles. The Morgan fingerprint density at radius 2 is 1.48 bits per heavy atom. The Morgan fingerprint density at radius 1 is 0.788 bits per heavy atom. The number of hydrogen-bond acceptors (Lipinski definition) is 3. The van der Waals surface area contributed by atoms with Crippen LogP contribution >= 0.6 is 0 Å². The van der Waals surface area contributed by atoms with Crippen molar-refractivity contribution in [2.24, 2.45) is 56.7 Å². The summed E-state index contributed by atoms with van der Waals surface area (Å²) < 4.78 is 6.04. The summed E-state index contributed by atoms with van der Waals surface area (Å²) in [6, 6.07) is 0. The molecule has 0 aromatic heterocycles. The van der Waals surface area contributed by atoms with E-state index in [-0.39, 0.29) is 27.9 Å². The van der Waals surface area contributed by atoms with Crippen LogP contribution in [0.15, 0.2) is 0 Å². The van der Waals surface area contributed by atoms with Crippen LogP contribution in [0.5, 0.6) is 0 Å². The van der Waals surface area contributed by atoms with E-state index in [1.807, 2.05) is 0 Å². The summed E-state index contributed by atoms with van der Waals surface area (Å²) in [5.41, 5.74) is 0.787. The third-order valence-electron chi connectivity index (χ3n) is 14.1. The number of epoxide rings is 1. The minimum Gasteiger partial charge on any atom is -0.393 e. The Bertz CT molecular complexity index is 874. The number of hydrogen-bond donors (Lipinski definition) is 1. The van der Waals surface area contributed by atoms with E-state index in [2.05, 4.69) is 48.5 Å². The molecule has 0 bridgehead atoms. The number of ether oxygens (including phenoxy) is 1. The molecule has 6 aliphatic rings. The molecule has 0 radical (unpaired) electrons. The number of carbonyl (C=O) groups excluding carboxylic acids is 1. The lowest BCUT2D eigenvalue weighted by atomic mass is 9.32. The molecule has 1 N–H and O–H groups in total. The Balaban J connectivity index is 1.40. The molecule has 1 saturated heterocycles. The first-order chi connectivity index (χ1) is 15.2. The summed E-state index contributed by atoms with van der Waals surface area (Å²) >= 11 is 0. The summed E-state index contributed by atoms with van der Waals surface area (Å²) in [5, 5.41) is 11.3. The van der Waals surface area contributed by atoms with E-state index in [0.717, 1.165) is 32.3 Å². The number of ketones is 1. The fraction of sp³-hybridized carbons (Fsp3) is 0.967. The smallest absolute Gasteiger partial charge is 0.138 e. The summed E-state index contributed by atoms with van der Waals surface area (Å²) in [6.07, 6.45) is 10.1. The van der Waals surface area contributed by atoms with E-state index in [1.165, 1.54) is 32.1 Å². The van der Waals surface area contributed by atoms with Crippen molar-refractivity contribution in [1.82, 2.24) is 0 Å². The monoisotopic (exact) mass is 456 g/mol. The highest BCUT2D eigenvalue weighted by Gasteiger charge is 2.73. The second kappa shape index (κ2) is 6.47. The third kappa shape index (κ3) is 2.58. The quantitative estimate of drug-likeness (QED) is 0.463. The van der Waals surface area contributed by atoms with Gasteiger partial charge in [-0.05, 0) is 110 Å². The van der Waals surface area contributed by atoms with Crippen LogP contribution < -0.4 is 0 Å². The zero-order chi connectivity index (χ0) is 23.8. The maximum Gasteiger partial charge on any atom is 0.138 e. The van der Waals surface area contributed by atoms with Gasteiger partial charge < -0.3 is 9.84 Å². The lowest BCUT2D eigenvalue weighted by Gasteiger charge is -2.72. The highest BCUT2D eigenvalue weighted by molar-refractivity contribution is 5.85. The van der Waals surface area contributed by atoms with Gasteiger partial charge in [0.25, 0.3) is 0 Å². The fourth-order valence-corrected chi connectivity index (χ4v) is 11.7. The van der Waals surface area contributed by atoms with E-state index in [4.69, 9.17) is 4.74 Å². The van der Waals surface area contributed by atoms with Gasteiger partial charge in [0.15, 0.2) is 0 Å². The summed E-state index contributed by atoms with van der Waals surface area (Å²) in [7, 11) is 0. The van der Waals surface area contributed by atoms with Crippen molar-refractivity contribution in [3.05, 3.63) is 0 Å². The van der Waals surface area contributed by atoms with Gasteiger partial charge in [0.2, 0.25) is 0 Å². The molecule has 0 spiro atoms. The Hall–Kier alpha value is -0.410. The second-order valence-corrected chi connectivity index (χ2v) is 15.3. The molecule has 0 aromatic rings. The van der Waals surface area contributed by atoms with Crippen LogP contribution in [-0.2, 0) is 9.53 Å². The van der Waals surface area contributed by atoms with Gasteiger partial charge in [-0.25, -0.2) is 0 Å². The van der Waals surface area contributed by atoms with Crippen LogP contribution in [0.1, 0.15) is 106 Å². The molecule has 11 atom stereocenters. The maximum atomic E-state index is 12.9. The lowest BCUT2D eigenvalue weighted by Crippen LogP contribution is -2.66. The molecule has 11 unspecified atom stereocenters. The van der Waals surface area contributed by atoms with E-state index >= 15 is 0 Å².